The van der Waals surface area contributed by atoms with Crippen molar-refractivity contribution < 1.29 is 0 Å². The Bertz CT molecular complexity index is 290. The van der Waals surface area contributed by atoms with Gasteiger partial charge in [-0.1, -0.05) is 41.0 Å². The standard InChI is InChI=1S/C17H34N2/c1-6-17(5)10-12-19(13-11-17)14-8-9-16(3,4)15(14)18-7-2/h14-15,18H,6-13H2,1-5H3. The summed E-state index contributed by atoms with van der Waals surface area (Å²) in [6.45, 7) is 15.7. The highest BCUT2D eigenvalue weighted by Gasteiger charge is 2.45. The fourth-order valence-electron chi connectivity index (χ4n) is 4.14. The Balaban J connectivity index is 1.99. The molecule has 1 N–H and O–H groups in total. The molecule has 0 aromatic rings. The van der Waals surface area contributed by atoms with E-state index in [-0.39, 0.29) is 0 Å². The summed E-state index contributed by atoms with van der Waals surface area (Å²) in [6, 6.07) is 1.46. The van der Waals surface area contributed by atoms with Crippen LogP contribution >= 0.6 is 0 Å². The van der Waals surface area contributed by atoms with Gasteiger partial charge >= 0.3 is 0 Å². The third-order valence-electron chi connectivity index (χ3n) is 6.06. The van der Waals surface area contributed by atoms with Crippen molar-refractivity contribution in [1.82, 2.24) is 10.2 Å². The summed E-state index contributed by atoms with van der Waals surface area (Å²) >= 11 is 0. The van der Waals surface area contributed by atoms with E-state index in [9.17, 15) is 0 Å². The topological polar surface area (TPSA) is 15.3 Å². The zero-order valence-electron chi connectivity index (χ0n) is 13.8. The Morgan fingerprint density at radius 1 is 1.05 bits per heavy atom. The van der Waals surface area contributed by atoms with Crippen molar-refractivity contribution in [2.45, 2.75) is 78.8 Å². The Kier molecular flexibility index (Phi) is 4.62. The first-order chi connectivity index (χ1) is 8.92. The smallest absolute Gasteiger partial charge is 0.0274 e. The zero-order valence-corrected chi connectivity index (χ0v) is 13.8. The molecule has 0 amide bonds. The van der Waals surface area contributed by atoms with Crippen LogP contribution in [0.1, 0.15) is 66.7 Å². The molecule has 2 heteroatoms. The molecule has 0 aromatic carbocycles. The molecule has 1 saturated heterocycles. The average molecular weight is 266 g/mol. The van der Waals surface area contributed by atoms with Crippen LogP contribution in [0.3, 0.4) is 0 Å². The van der Waals surface area contributed by atoms with Crippen molar-refractivity contribution in [1.29, 1.82) is 0 Å². The van der Waals surface area contributed by atoms with E-state index in [1.54, 1.807) is 0 Å². The summed E-state index contributed by atoms with van der Waals surface area (Å²) in [5, 5.41) is 3.78. The summed E-state index contributed by atoms with van der Waals surface area (Å²) in [5.41, 5.74) is 1.07. The number of rotatable bonds is 4. The normalized spacial score (nSPS) is 34.6. The van der Waals surface area contributed by atoms with E-state index in [1.807, 2.05) is 0 Å². The molecule has 2 aliphatic rings. The lowest BCUT2D eigenvalue weighted by molar-refractivity contribution is 0.0637. The van der Waals surface area contributed by atoms with Crippen molar-refractivity contribution in [3.05, 3.63) is 0 Å². The van der Waals surface area contributed by atoms with E-state index in [0.717, 1.165) is 12.6 Å². The molecule has 0 spiro atoms. The van der Waals surface area contributed by atoms with Gasteiger partial charge in [0.2, 0.25) is 0 Å². The predicted molar refractivity (Wildman–Crippen MR) is 83.5 cm³/mol. The van der Waals surface area contributed by atoms with Gasteiger partial charge in [-0.25, -0.2) is 0 Å². The first kappa shape index (κ1) is 15.3. The van der Waals surface area contributed by atoms with Crippen molar-refractivity contribution >= 4 is 0 Å². The highest BCUT2D eigenvalue weighted by Crippen LogP contribution is 2.42. The van der Waals surface area contributed by atoms with Gasteiger partial charge in [0.25, 0.3) is 0 Å². The lowest BCUT2D eigenvalue weighted by atomic mass is 9.77. The van der Waals surface area contributed by atoms with E-state index in [1.165, 1.54) is 45.2 Å². The highest BCUT2D eigenvalue weighted by molar-refractivity contribution is 5.02. The predicted octanol–water partition coefficient (Wildman–Crippen LogP) is 3.67. The van der Waals surface area contributed by atoms with E-state index < -0.39 is 0 Å². The van der Waals surface area contributed by atoms with Crippen molar-refractivity contribution in [2.24, 2.45) is 10.8 Å². The van der Waals surface area contributed by atoms with Gasteiger partial charge in [-0.3, -0.25) is 4.90 Å². The third-order valence-corrected chi connectivity index (χ3v) is 6.06. The second-order valence-corrected chi connectivity index (χ2v) is 7.83. The molecule has 0 radical (unpaired) electrons. The Hall–Kier alpha value is -0.0800. The second kappa shape index (κ2) is 5.73. The highest BCUT2D eigenvalue weighted by atomic mass is 15.2. The van der Waals surface area contributed by atoms with E-state index in [2.05, 4.69) is 44.8 Å². The lowest BCUT2D eigenvalue weighted by Gasteiger charge is -2.44. The first-order valence-corrected chi connectivity index (χ1v) is 8.39. The zero-order chi connectivity index (χ0) is 14.1. The molecule has 0 aromatic heterocycles. The average Bonchev–Trinajstić information content (AvgIpc) is 2.67. The van der Waals surface area contributed by atoms with Crippen LogP contribution in [0.25, 0.3) is 0 Å². The summed E-state index contributed by atoms with van der Waals surface area (Å²) < 4.78 is 0. The number of hydrogen-bond acceptors (Lipinski definition) is 2. The number of likely N-dealkylation sites (N-methyl/N-ethyl adjacent to an activating group) is 1. The number of piperidine rings is 1. The van der Waals surface area contributed by atoms with Gasteiger partial charge < -0.3 is 5.32 Å². The molecular weight excluding hydrogens is 232 g/mol. The minimum Gasteiger partial charge on any atom is -0.312 e. The Labute approximate surface area is 120 Å². The molecule has 1 saturated carbocycles. The number of nitrogens with zero attached hydrogens (tertiary/aromatic N) is 1. The monoisotopic (exact) mass is 266 g/mol. The quantitative estimate of drug-likeness (QED) is 0.835. The fourth-order valence-corrected chi connectivity index (χ4v) is 4.14. The van der Waals surface area contributed by atoms with Crippen molar-refractivity contribution in [3.63, 3.8) is 0 Å². The van der Waals surface area contributed by atoms with Crippen LogP contribution in [0.5, 0.6) is 0 Å². The SMILES string of the molecule is CCNC1C(N2CCC(C)(CC)CC2)CCC1(C)C. The number of nitrogens with one attached hydrogen (secondary N) is 1. The Morgan fingerprint density at radius 3 is 2.21 bits per heavy atom. The van der Waals surface area contributed by atoms with Gasteiger partial charge in [-0.05, 0) is 56.1 Å². The van der Waals surface area contributed by atoms with Gasteiger partial charge in [0.15, 0.2) is 0 Å². The van der Waals surface area contributed by atoms with Crippen LogP contribution in [0.4, 0.5) is 0 Å². The minimum atomic E-state index is 0.464. The van der Waals surface area contributed by atoms with Crippen LogP contribution in [0, 0.1) is 10.8 Å². The fraction of sp³-hybridized carbons (Fsp3) is 1.00. The van der Waals surface area contributed by atoms with Gasteiger partial charge in [-0.15, -0.1) is 0 Å². The summed E-state index contributed by atoms with van der Waals surface area (Å²) in [6.07, 6.45) is 6.87. The molecule has 112 valence electrons. The molecule has 1 aliphatic heterocycles. The van der Waals surface area contributed by atoms with E-state index >= 15 is 0 Å². The minimum absolute atomic E-state index is 0.464. The molecule has 1 heterocycles. The van der Waals surface area contributed by atoms with Crippen molar-refractivity contribution in [2.75, 3.05) is 19.6 Å². The van der Waals surface area contributed by atoms with Crippen LogP contribution < -0.4 is 5.32 Å². The van der Waals surface area contributed by atoms with Gasteiger partial charge in [0.1, 0.15) is 0 Å². The largest absolute Gasteiger partial charge is 0.312 e. The van der Waals surface area contributed by atoms with E-state index in [4.69, 9.17) is 0 Å². The summed E-state index contributed by atoms with van der Waals surface area (Å²) in [5.74, 6) is 0. The maximum atomic E-state index is 3.78. The molecule has 2 unspecified atom stereocenters. The molecule has 2 fully saturated rings. The molecule has 1 aliphatic carbocycles. The molecule has 2 nitrogen and oxygen atoms in total. The van der Waals surface area contributed by atoms with Crippen LogP contribution in [0.15, 0.2) is 0 Å². The molecule has 19 heavy (non-hydrogen) atoms. The van der Waals surface area contributed by atoms with Gasteiger partial charge in [0, 0.05) is 12.1 Å². The molecule has 0 bridgehead atoms. The maximum absolute atomic E-state index is 3.78. The number of hydrogen-bond donors (Lipinski definition) is 1. The maximum Gasteiger partial charge on any atom is 0.0274 e. The first-order valence-electron chi connectivity index (χ1n) is 8.39. The van der Waals surface area contributed by atoms with Crippen LogP contribution in [-0.4, -0.2) is 36.6 Å². The van der Waals surface area contributed by atoms with E-state index in [0.29, 0.717) is 16.9 Å². The lowest BCUT2D eigenvalue weighted by Crippen LogP contribution is -2.54. The molecular formula is C17H34N2. The Morgan fingerprint density at radius 2 is 1.68 bits per heavy atom. The second-order valence-electron chi connectivity index (χ2n) is 7.83. The number of likely N-dealkylation sites (tertiary alicyclic amines) is 1. The third kappa shape index (κ3) is 3.16. The summed E-state index contributed by atoms with van der Waals surface area (Å²) in [4.78, 5) is 2.79. The van der Waals surface area contributed by atoms with Crippen molar-refractivity contribution in [3.8, 4) is 0 Å². The molecule has 2 rings (SSSR count). The van der Waals surface area contributed by atoms with Crippen LogP contribution in [-0.2, 0) is 0 Å². The van der Waals surface area contributed by atoms with Gasteiger partial charge in [-0.2, -0.15) is 0 Å². The molecule has 2 atom stereocenters. The van der Waals surface area contributed by atoms with Crippen LogP contribution in [0.2, 0.25) is 0 Å². The van der Waals surface area contributed by atoms with Gasteiger partial charge in [0.05, 0.1) is 0 Å². The summed E-state index contributed by atoms with van der Waals surface area (Å²) in [7, 11) is 0.